The third-order valence-electron chi connectivity index (χ3n) is 2.58. The van der Waals surface area contributed by atoms with Gasteiger partial charge in [-0.25, -0.2) is 0 Å². The van der Waals surface area contributed by atoms with Gasteiger partial charge in [-0.3, -0.25) is 0 Å². The van der Waals surface area contributed by atoms with Crippen molar-refractivity contribution in [3.8, 4) is 11.8 Å². The Hall–Kier alpha value is -1.65. The van der Waals surface area contributed by atoms with E-state index in [1.807, 2.05) is 30.3 Å². The molecule has 0 amide bonds. The maximum atomic E-state index is 4.31. The van der Waals surface area contributed by atoms with Crippen LogP contribution in [0.25, 0.3) is 0 Å². The monoisotopic (exact) mass is 238 g/mol. The van der Waals surface area contributed by atoms with Crippen LogP contribution in [0.3, 0.4) is 0 Å². The lowest BCUT2D eigenvalue weighted by molar-refractivity contribution is 1.39. The highest BCUT2D eigenvalue weighted by Gasteiger charge is 1.95. The summed E-state index contributed by atoms with van der Waals surface area (Å²) in [6, 6.07) is 16.4. The van der Waals surface area contributed by atoms with E-state index in [1.165, 1.54) is 11.1 Å². The first-order chi connectivity index (χ1) is 8.29. The first-order valence-corrected chi connectivity index (χ1v) is 6.20. The van der Waals surface area contributed by atoms with Gasteiger partial charge >= 0.3 is 0 Å². The Morgan fingerprint density at radius 3 is 2.35 bits per heavy atom. The minimum Gasteiger partial charge on any atom is -0.175 e. The molecule has 0 spiro atoms. The van der Waals surface area contributed by atoms with E-state index in [1.54, 1.807) is 0 Å². The van der Waals surface area contributed by atoms with Crippen molar-refractivity contribution < 1.29 is 0 Å². The van der Waals surface area contributed by atoms with Gasteiger partial charge in [0.2, 0.25) is 0 Å². The normalized spacial score (nSPS) is 9.53. The Morgan fingerprint density at radius 1 is 0.941 bits per heavy atom. The average Bonchev–Trinajstić information content (AvgIpc) is 2.38. The molecule has 0 fully saturated rings. The van der Waals surface area contributed by atoms with Crippen LogP contribution in [-0.2, 0) is 5.75 Å². The fraction of sp³-hybridized carbons (Fsp3) is 0.125. The number of benzene rings is 2. The van der Waals surface area contributed by atoms with E-state index in [0.717, 1.165) is 16.9 Å². The molecule has 1 heteroatoms. The number of thiol groups is 1. The van der Waals surface area contributed by atoms with Gasteiger partial charge < -0.3 is 0 Å². The van der Waals surface area contributed by atoms with Crippen molar-refractivity contribution in [1.82, 2.24) is 0 Å². The van der Waals surface area contributed by atoms with E-state index in [2.05, 4.69) is 49.6 Å². The molecule has 0 atom stereocenters. The molecule has 0 aromatic heterocycles. The molecule has 2 aromatic carbocycles. The van der Waals surface area contributed by atoms with Crippen molar-refractivity contribution >= 4 is 12.6 Å². The molecule has 0 nitrogen and oxygen atoms in total. The van der Waals surface area contributed by atoms with E-state index in [-0.39, 0.29) is 0 Å². The van der Waals surface area contributed by atoms with E-state index >= 15 is 0 Å². The molecule has 0 unspecified atom stereocenters. The summed E-state index contributed by atoms with van der Waals surface area (Å²) in [5, 5.41) is 0. The van der Waals surface area contributed by atoms with Gasteiger partial charge in [-0.15, -0.1) is 0 Å². The summed E-state index contributed by atoms with van der Waals surface area (Å²) in [6.45, 7) is 2.08. The molecule has 0 aliphatic carbocycles. The summed E-state index contributed by atoms with van der Waals surface area (Å²) < 4.78 is 0. The van der Waals surface area contributed by atoms with Gasteiger partial charge in [-0.1, -0.05) is 47.7 Å². The zero-order valence-corrected chi connectivity index (χ0v) is 10.7. The Balaban J connectivity index is 2.29. The molecule has 0 radical (unpaired) electrons. The average molecular weight is 238 g/mol. The summed E-state index contributed by atoms with van der Waals surface area (Å²) in [5.74, 6) is 7.10. The van der Waals surface area contributed by atoms with Gasteiger partial charge in [0.25, 0.3) is 0 Å². The van der Waals surface area contributed by atoms with Gasteiger partial charge in [0, 0.05) is 16.9 Å². The Labute approximate surface area is 108 Å². The third kappa shape index (κ3) is 3.15. The summed E-state index contributed by atoms with van der Waals surface area (Å²) in [7, 11) is 0. The van der Waals surface area contributed by atoms with Gasteiger partial charge in [0.1, 0.15) is 0 Å². The SMILES string of the molecule is Cc1ccc(C#Cc2ccccc2CS)cc1. The molecule has 0 aliphatic heterocycles. The minimum atomic E-state index is 0.721. The number of hydrogen-bond acceptors (Lipinski definition) is 1. The molecule has 0 heterocycles. The number of hydrogen-bond donors (Lipinski definition) is 1. The second-order valence-electron chi connectivity index (χ2n) is 3.93. The Bertz CT molecular complexity index is 556. The molecule has 2 aromatic rings. The maximum Gasteiger partial charge on any atom is 0.0289 e. The summed E-state index contributed by atoms with van der Waals surface area (Å²) in [6.07, 6.45) is 0. The zero-order chi connectivity index (χ0) is 12.1. The highest BCUT2D eigenvalue weighted by Crippen LogP contribution is 2.10. The Kier molecular flexibility index (Phi) is 3.90. The van der Waals surface area contributed by atoms with Crippen LogP contribution >= 0.6 is 12.6 Å². The minimum absolute atomic E-state index is 0.721. The molecule has 17 heavy (non-hydrogen) atoms. The molecular formula is C16H14S. The largest absolute Gasteiger partial charge is 0.175 e. The topological polar surface area (TPSA) is 0 Å². The van der Waals surface area contributed by atoms with Crippen molar-refractivity contribution in [2.75, 3.05) is 0 Å². The number of aryl methyl sites for hydroxylation is 1. The quantitative estimate of drug-likeness (QED) is 0.566. The van der Waals surface area contributed by atoms with Crippen LogP contribution in [-0.4, -0.2) is 0 Å². The van der Waals surface area contributed by atoms with Crippen LogP contribution in [0.15, 0.2) is 48.5 Å². The van der Waals surface area contributed by atoms with Crippen LogP contribution in [0.1, 0.15) is 22.3 Å². The van der Waals surface area contributed by atoms with Crippen molar-refractivity contribution in [3.63, 3.8) is 0 Å². The van der Waals surface area contributed by atoms with Crippen molar-refractivity contribution in [1.29, 1.82) is 0 Å². The molecule has 84 valence electrons. The van der Waals surface area contributed by atoms with Crippen LogP contribution in [0.2, 0.25) is 0 Å². The van der Waals surface area contributed by atoms with E-state index in [4.69, 9.17) is 0 Å². The molecule has 0 saturated heterocycles. The third-order valence-corrected chi connectivity index (χ3v) is 2.92. The van der Waals surface area contributed by atoms with E-state index in [0.29, 0.717) is 0 Å². The van der Waals surface area contributed by atoms with Crippen LogP contribution in [0.4, 0.5) is 0 Å². The summed E-state index contributed by atoms with van der Waals surface area (Å²) in [4.78, 5) is 0. The lowest BCUT2D eigenvalue weighted by atomic mass is 10.1. The van der Waals surface area contributed by atoms with Crippen LogP contribution < -0.4 is 0 Å². The predicted molar refractivity (Wildman–Crippen MR) is 76.3 cm³/mol. The molecule has 0 bridgehead atoms. The molecule has 0 saturated carbocycles. The smallest absolute Gasteiger partial charge is 0.0289 e. The Morgan fingerprint density at radius 2 is 1.65 bits per heavy atom. The van der Waals surface area contributed by atoms with E-state index in [9.17, 15) is 0 Å². The predicted octanol–water partition coefficient (Wildman–Crippen LogP) is 3.82. The molecule has 0 aliphatic rings. The molecule has 0 N–H and O–H groups in total. The van der Waals surface area contributed by atoms with Crippen LogP contribution in [0.5, 0.6) is 0 Å². The lowest BCUT2D eigenvalue weighted by Crippen LogP contribution is -1.84. The first kappa shape index (κ1) is 11.8. The highest BCUT2D eigenvalue weighted by molar-refractivity contribution is 7.79. The summed E-state index contributed by atoms with van der Waals surface area (Å²) >= 11 is 4.31. The van der Waals surface area contributed by atoms with E-state index < -0.39 is 0 Å². The zero-order valence-electron chi connectivity index (χ0n) is 9.77. The van der Waals surface area contributed by atoms with Gasteiger partial charge in [-0.05, 0) is 30.7 Å². The number of rotatable bonds is 1. The van der Waals surface area contributed by atoms with Gasteiger partial charge in [0.05, 0.1) is 0 Å². The second kappa shape index (κ2) is 5.61. The van der Waals surface area contributed by atoms with Crippen LogP contribution in [0, 0.1) is 18.8 Å². The van der Waals surface area contributed by atoms with Crippen molar-refractivity contribution in [3.05, 3.63) is 70.8 Å². The van der Waals surface area contributed by atoms with Crippen molar-refractivity contribution in [2.45, 2.75) is 12.7 Å². The van der Waals surface area contributed by atoms with Gasteiger partial charge in [-0.2, -0.15) is 12.6 Å². The molecule has 2 rings (SSSR count). The maximum absolute atomic E-state index is 4.31. The lowest BCUT2D eigenvalue weighted by Gasteiger charge is -1.98. The summed E-state index contributed by atoms with van der Waals surface area (Å²) in [5.41, 5.74) is 4.54. The fourth-order valence-electron chi connectivity index (χ4n) is 1.56. The standard InChI is InChI=1S/C16H14S/c1-13-6-8-14(9-7-13)10-11-15-4-2-3-5-16(15)12-17/h2-9,17H,12H2,1H3. The molecular weight excluding hydrogens is 224 g/mol. The first-order valence-electron chi connectivity index (χ1n) is 5.57. The second-order valence-corrected chi connectivity index (χ2v) is 4.25. The fourth-order valence-corrected chi connectivity index (χ4v) is 1.83. The highest BCUT2D eigenvalue weighted by atomic mass is 32.1. The van der Waals surface area contributed by atoms with Crippen molar-refractivity contribution in [2.24, 2.45) is 0 Å². The van der Waals surface area contributed by atoms with Gasteiger partial charge in [0.15, 0.2) is 0 Å².